The van der Waals surface area contributed by atoms with Crippen molar-refractivity contribution in [2.75, 3.05) is 19.7 Å². The quantitative estimate of drug-likeness (QED) is 0.891. The number of primary amides is 1. The van der Waals surface area contributed by atoms with Crippen LogP contribution in [0.4, 0.5) is 4.39 Å². The molecule has 2 N–H and O–H groups in total. The molecule has 2 amide bonds. The molecule has 0 spiro atoms. The Balaban J connectivity index is 1.87. The van der Waals surface area contributed by atoms with Crippen molar-refractivity contribution in [3.05, 3.63) is 30.1 Å². The Morgan fingerprint density at radius 2 is 2.25 bits per heavy atom. The molecule has 0 radical (unpaired) electrons. The maximum atomic E-state index is 13.0. The van der Waals surface area contributed by atoms with Gasteiger partial charge in [0.2, 0.25) is 5.91 Å². The topological polar surface area (TPSA) is 72.6 Å². The molecule has 1 aliphatic heterocycles. The van der Waals surface area contributed by atoms with Gasteiger partial charge in [-0.2, -0.15) is 0 Å². The third-order valence-corrected chi connectivity index (χ3v) is 3.33. The second kappa shape index (κ2) is 6.36. The largest absolute Gasteiger partial charge is 0.484 e. The first-order valence-electron chi connectivity index (χ1n) is 6.51. The molecule has 1 aromatic carbocycles. The molecule has 1 atom stereocenters. The van der Waals surface area contributed by atoms with Crippen LogP contribution in [0.25, 0.3) is 0 Å². The molecule has 20 heavy (non-hydrogen) atoms. The summed E-state index contributed by atoms with van der Waals surface area (Å²) in [4.78, 5) is 24.7. The van der Waals surface area contributed by atoms with Gasteiger partial charge in [0.1, 0.15) is 11.6 Å². The molecule has 0 aliphatic carbocycles. The lowest BCUT2D eigenvalue weighted by Gasteiger charge is -2.31. The van der Waals surface area contributed by atoms with Crippen LogP contribution in [0.3, 0.4) is 0 Å². The summed E-state index contributed by atoms with van der Waals surface area (Å²) in [5.74, 6) is -1.00. The molecule has 1 aromatic rings. The van der Waals surface area contributed by atoms with Crippen LogP contribution in [0, 0.1) is 11.7 Å². The molecule has 1 fully saturated rings. The Hall–Kier alpha value is -2.11. The Morgan fingerprint density at radius 3 is 2.95 bits per heavy atom. The summed E-state index contributed by atoms with van der Waals surface area (Å²) in [5, 5.41) is 0. The first-order chi connectivity index (χ1) is 9.56. The highest BCUT2D eigenvalue weighted by Crippen LogP contribution is 2.17. The van der Waals surface area contributed by atoms with Gasteiger partial charge in [0.05, 0.1) is 5.92 Å². The van der Waals surface area contributed by atoms with E-state index in [-0.39, 0.29) is 24.3 Å². The van der Waals surface area contributed by atoms with E-state index in [1.54, 1.807) is 11.0 Å². The summed E-state index contributed by atoms with van der Waals surface area (Å²) in [6.07, 6.45) is 1.46. The highest BCUT2D eigenvalue weighted by atomic mass is 19.1. The molecular formula is C14H17FN2O3. The SMILES string of the molecule is NC(=O)[C@@H]1CCCN(C(=O)COc2cccc(F)c2)C1. The molecule has 1 heterocycles. The van der Waals surface area contributed by atoms with Crippen molar-refractivity contribution in [3.8, 4) is 5.75 Å². The predicted octanol–water partition coefficient (Wildman–Crippen LogP) is 0.928. The van der Waals surface area contributed by atoms with Gasteiger partial charge in [-0.1, -0.05) is 6.07 Å². The van der Waals surface area contributed by atoms with Crippen LogP contribution in [0.15, 0.2) is 24.3 Å². The number of amides is 2. The minimum Gasteiger partial charge on any atom is -0.484 e. The molecule has 0 saturated carbocycles. The van der Waals surface area contributed by atoms with Crippen molar-refractivity contribution >= 4 is 11.8 Å². The second-order valence-corrected chi connectivity index (χ2v) is 4.83. The summed E-state index contributed by atoms with van der Waals surface area (Å²) in [7, 11) is 0. The molecule has 108 valence electrons. The zero-order valence-corrected chi connectivity index (χ0v) is 11.0. The highest BCUT2D eigenvalue weighted by Gasteiger charge is 2.26. The number of halogens is 1. The zero-order chi connectivity index (χ0) is 14.5. The Kier molecular flexibility index (Phi) is 4.55. The van der Waals surface area contributed by atoms with Crippen molar-refractivity contribution in [2.24, 2.45) is 11.7 Å². The molecule has 1 saturated heterocycles. The third-order valence-electron chi connectivity index (χ3n) is 3.33. The van der Waals surface area contributed by atoms with E-state index in [1.165, 1.54) is 18.2 Å². The van der Waals surface area contributed by atoms with Crippen LogP contribution in [0.5, 0.6) is 5.75 Å². The lowest BCUT2D eigenvalue weighted by Crippen LogP contribution is -2.45. The molecule has 0 aromatic heterocycles. The molecule has 1 aliphatic rings. The Morgan fingerprint density at radius 1 is 1.45 bits per heavy atom. The molecule has 0 unspecified atom stereocenters. The van der Waals surface area contributed by atoms with Gasteiger partial charge in [0, 0.05) is 19.2 Å². The van der Waals surface area contributed by atoms with Crippen molar-refractivity contribution in [1.29, 1.82) is 0 Å². The third kappa shape index (κ3) is 3.69. The number of nitrogens with zero attached hydrogens (tertiary/aromatic N) is 1. The number of hydrogen-bond acceptors (Lipinski definition) is 3. The Labute approximate surface area is 116 Å². The molecule has 6 heteroatoms. The lowest BCUT2D eigenvalue weighted by molar-refractivity contribution is -0.136. The number of carbonyl (C=O) groups excluding carboxylic acids is 2. The van der Waals surface area contributed by atoms with Gasteiger partial charge >= 0.3 is 0 Å². The van der Waals surface area contributed by atoms with E-state index in [1.807, 2.05) is 0 Å². The van der Waals surface area contributed by atoms with Crippen molar-refractivity contribution in [1.82, 2.24) is 4.90 Å². The summed E-state index contributed by atoms with van der Waals surface area (Å²) in [5.41, 5.74) is 5.26. The van der Waals surface area contributed by atoms with E-state index in [4.69, 9.17) is 10.5 Å². The van der Waals surface area contributed by atoms with Gasteiger partial charge < -0.3 is 15.4 Å². The van der Waals surface area contributed by atoms with Crippen LogP contribution in [0.2, 0.25) is 0 Å². The number of ether oxygens (including phenoxy) is 1. The van der Waals surface area contributed by atoms with Crippen LogP contribution < -0.4 is 10.5 Å². The molecule has 2 rings (SSSR count). The van der Waals surface area contributed by atoms with Crippen LogP contribution in [0.1, 0.15) is 12.8 Å². The van der Waals surface area contributed by atoms with Gasteiger partial charge in [-0.25, -0.2) is 4.39 Å². The molecular weight excluding hydrogens is 263 g/mol. The first-order valence-corrected chi connectivity index (χ1v) is 6.51. The molecule has 5 nitrogen and oxygen atoms in total. The maximum absolute atomic E-state index is 13.0. The Bertz CT molecular complexity index is 507. The minimum atomic E-state index is -0.415. The number of rotatable bonds is 4. The van der Waals surface area contributed by atoms with Crippen LogP contribution in [-0.2, 0) is 9.59 Å². The average molecular weight is 280 g/mol. The summed E-state index contributed by atoms with van der Waals surface area (Å²) < 4.78 is 18.2. The summed E-state index contributed by atoms with van der Waals surface area (Å²) >= 11 is 0. The van der Waals surface area contributed by atoms with Crippen molar-refractivity contribution in [3.63, 3.8) is 0 Å². The first kappa shape index (κ1) is 14.3. The standard InChI is InChI=1S/C14H17FN2O3/c15-11-4-1-5-12(7-11)20-9-13(18)17-6-2-3-10(8-17)14(16)19/h1,4-5,7,10H,2-3,6,8-9H2,(H2,16,19)/t10-/m1/s1. The monoisotopic (exact) mass is 280 g/mol. The molecule has 0 bridgehead atoms. The summed E-state index contributed by atoms with van der Waals surface area (Å²) in [6, 6.07) is 5.62. The maximum Gasteiger partial charge on any atom is 0.260 e. The highest BCUT2D eigenvalue weighted by molar-refractivity contribution is 5.81. The number of nitrogens with two attached hydrogens (primary N) is 1. The van der Waals surface area contributed by atoms with Crippen LogP contribution in [-0.4, -0.2) is 36.4 Å². The van der Waals surface area contributed by atoms with E-state index in [9.17, 15) is 14.0 Å². The summed E-state index contributed by atoms with van der Waals surface area (Å²) in [6.45, 7) is 0.755. The number of likely N-dealkylation sites (tertiary alicyclic amines) is 1. The normalized spacial score (nSPS) is 18.6. The van der Waals surface area contributed by atoms with E-state index in [0.717, 1.165) is 6.42 Å². The van der Waals surface area contributed by atoms with Crippen LogP contribution >= 0.6 is 0 Å². The van der Waals surface area contributed by atoms with Gasteiger partial charge in [-0.3, -0.25) is 9.59 Å². The van der Waals surface area contributed by atoms with Gasteiger partial charge in [-0.05, 0) is 25.0 Å². The lowest BCUT2D eigenvalue weighted by atomic mass is 9.97. The minimum absolute atomic E-state index is 0.172. The predicted molar refractivity (Wildman–Crippen MR) is 70.4 cm³/mol. The van der Waals surface area contributed by atoms with E-state index in [2.05, 4.69) is 0 Å². The van der Waals surface area contributed by atoms with E-state index >= 15 is 0 Å². The van der Waals surface area contributed by atoms with Gasteiger partial charge in [-0.15, -0.1) is 0 Å². The van der Waals surface area contributed by atoms with E-state index in [0.29, 0.717) is 25.3 Å². The van der Waals surface area contributed by atoms with Gasteiger partial charge in [0.15, 0.2) is 6.61 Å². The smallest absolute Gasteiger partial charge is 0.260 e. The van der Waals surface area contributed by atoms with E-state index < -0.39 is 5.82 Å². The van der Waals surface area contributed by atoms with Crippen molar-refractivity contribution in [2.45, 2.75) is 12.8 Å². The fraction of sp³-hybridized carbons (Fsp3) is 0.429. The number of benzene rings is 1. The number of hydrogen-bond donors (Lipinski definition) is 1. The zero-order valence-electron chi connectivity index (χ0n) is 11.0. The average Bonchev–Trinajstić information content (AvgIpc) is 2.45. The van der Waals surface area contributed by atoms with Crippen molar-refractivity contribution < 1.29 is 18.7 Å². The number of piperidine rings is 1. The fourth-order valence-corrected chi connectivity index (χ4v) is 2.23. The van der Waals surface area contributed by atoms with Gasteiger partial charge in [0.25, 0.3) is 5.91 Å². The fourth-order valence-electron chi connectivity index (χ4n) is 2.23. The second-order valence-electron chi connectivity index (χ2n) is 4.83. The number of carbonyl (C=O) groups is 2.